The Balaban J connectivity index is 2.21. The smallest absolute Gasteiger partial charge is 0.287 e. The Morgan fingerprint density at radius 3 is 2.64 bits per heavy atom. The summed E-state index contributed by atoms with van der Waals surface area (Å²) in [5.41, 5.74) is 0.00122. The standard InChI is InChI=1S/C14H6ClF3N2OS/c15-8-3-1-2-7(6-8)11(21)10-12-9(4-5-22-12)19-13(20-10)14(16,17)18/h1-6H. The third-order valence-electron chi connectivity index (χ3n) is 2.86. The van der Waals surface area contributed by atoms with Crippen LogP contribution in [0.3, 0.4) is 0 Å². The molecule has 3 nitrogen and oxygen atoms in total. The van der Waals surface area contributed by atoms with E-state index in [1.165, 1.54) is 18.2 Å². The van der Waals surface area contributed by atoms with Gasteiger partial charge in [-0.2, -0.15) is 13.2 Å². The quantitative estimate of drug-likeness (QED) is 0.639. The summed E-state index contributed by atoms with van der Waals surface area (Å²) in [4.78, 5) is 19.4. The van der Waals surface area contributed by atoms with Crippen LogP contribution < -0.4 is 0 Å². The van der Waals surface area contributed by atoms with Crippen molar-refractivity contribution in [3.05, 3.63) is 57.8 Å². The van der Waals surface area contributed by atoms with E-state index >= 15 is 0 Å². The number of benzene rings is 1. The second-order valence-corrected chi connectivity index (χ2v) is 5.72. The fourth-order valence-corrected chi connectivity index (χ4v) is 2.92. The minimum absolute atomic E-state index is 0.0951. The molecule has 3 rings (SSSR count). The SMILES string of the molecule is O=C(c1cccc(Cl)c1)c1nc(C(F)(F)F)nc2ccsc12. The Kier molecular flexibility index (Phi) is 3.62. The fourth-order valence-electron chi connectivity index (χ4n) is 1.91. The number of halogens is 4. The molecule has 1 aromatic carbocycles. The predicted octanol–water partition coefficient (Wildman–Crippen LogP) is 4.59. The monoisotopic (exact) mass is 342 g/mol. The molecule has 0 fully saturated rings. The predicted molar refractivity (Wildman–Crippen MR) is 77.3 cm³/mol. The van der Waals surface area contributed by atoms with Crippen LogP contribution in [-0.4, -0.2) is 15.8 Å². The van der Waals surface area contributed by atoms with E-state index in [4.69, 9.17) is 11.6 Å². The highest BCUT2D eigenvalue weighted by atomic mass is 35.5. The molecular formula is C14H6ClF3N2OS. The van der Waals surface area contributed by atoms with Crippen LogP contribution in [0.1, 0.15) is 21.9 Å². The lowest BCUT2D eigenvalue weighted by atomic mass is 10.1. The minimum atomic E-state index is -4.72. The van der Waals surface area contributed by atoms with Gasteiger partial charge in [0, 0.05) is 10.6 Å². The Morgan fingerprint density at radius 1 is 1.18 bits per heavy atom. The van der Waals surface area contributed by atoms with E-state index in [9.17, 15) is 18.0 Å². The number of hydrogen-bond donors (Lipinski definition) is 0. The summed E-state index contributed by atoms with van der Waals surface area (Å²) in [5, 5.41) is 1.88. The second-order valence-electron chi connectivity index (χ2n) is 4.37. The minimum Gasteiger partial charge on any atom is -0.287 e. The molecule has 3 aromatic rings. The molecule has 0 amide bonds. The van der Waals surface area contributed by atoms with Crippen LogP contribution in [0.5, 0.6) is 0 Å². The zero-order valence-electron chi connectivity index (χ0n) is 10.7. The number of hydrogen-bond acceptors (Lipinski definition) is 4. The summed E-state index contributed by atoms with van der Waals surface area (Å²) < 4.78 is 39.0. The molecule has 0 saturated heterocycles. The van der Waals surface area contributed by atoms with Crippen LogP contribution in [0.15, 0.2) is 35.7 Å². The number of nitrogens with zero attached hydrogens (tertiary/aromatic N) is 2. The topological polar surface area (TPSA) is 42.9 Å². The number of rotatable bonds is 2. The summed E-state index contributed by atoms with van der Waals surface area (Å²) >= 11 is 6.93. The molecule has 8 heteroatoms. The summed E-state index contributed by atoms with van der Waals surface area (Å²) in [6, 6.07) is 7.40. The van der Waals surface area contributed by atoms with E-state index in [0.29, 0.717) is 9.72 Å². The average molecular weight is 343 g/mol. The van der Waals surface area contributed by atoms with Crippen molar-refractivity contribution in [3.8, 4) is 0 Å². The maximum Gasteiger partial charge on any atom is 0.451 e. The van der Waals surface area contributed by atoms with Crippen molar-refractivity contribution in [1.29, 1.82) is 0 Å². The number of alkyl halides is 3. The third-order valence-corrected chi connectivity index (χ3v) is 4.00. The van der Waals surface area contributed by atoms with Crippen molar-refractivity contribution in [1.82, 2.24) is 9.97 Å². The van der Waals surface area contributed by atoms with E-state index in [1.807, 2.05) is 0 Å². The highest BCUT2D eigenvalue weighted by molar-refractivity contribution is 7.17. The summed E-state index contributed by atoms with van der Waals surface area (Å²) in [6.07, 6.45) is -4.72. The van der Waals surface area contributed by atoms with Crippen molar-refractivity contribution in [2.24, 2.45) is 0 Å². The van der Waals surface area contributed by atoms with Crippen LogP contribution in [-0.2, 0) is 6.18 Å². The molecule has 0 bridgehead atoms. The first-order valence-corrected chi connectivity index (χ1v) is 7.25. The number of carbonyl (C=O) groups is 1. The van der Waals surface area contributed by atoms with Gasteiger partial charge in [-0.05, 0) is 23.6 Å². The fraction of sp³-hybridized carbons (Fsp3) is 0.0714. The summed E-state index contributed by atoms with van der Waals surface area (Å²) in [5.74, 6) is -1.95. The first kappa shape index (κ1) is 14.9. The van der Waals surface area contributed by atoms with Crippen molar-refractivity contribution in [2.45, 2.75) is 6.18 Å². The lowest BCUT2D eigenvalue weighted by molar-refractivity contribution is -0.144. The average Bonchev–Trinajstić information content (AvgIpc) is 2.93. The largest absolute Gasteiger partial charge is 0.451 e. The third kappa shape index (κ3) is 2.69. The molecule has 112 valence electrons. The highest BCUT2D eigenvalue weighted by Crippen LogP contribution is 2.31. The Hall–Kier alpha value is -1.99. The zero-order chi connectivity index (χ0) is 15.9. The molecule has 0 radical (unpaired) electrons. The molecule has 22 heavy (non-hydrogen) atoms. The molecular weight excluding hydrogens is 337 g/mol. The summed E-state index contributed by atoms with van der Waals surface area (Å²) in [6.45, 7) is 0. The Morgan fingerprint density at radius 2 is 1.95 bits per heavy atom. The molecule has 0 aliphatic rings. The molecule has 0 atom stereocenters. The maximum absolute atomic E-state index is 12.9. The number of thiophene rings is 1. The van der Waals surface area contributed by atoms with Crippen molar-refractivity contribution >= 4 is 38.9 Å². The van der Waals surface area contributed by atoms with Gasteiger partial charge in [0.2, 0.25) is 11.6 Å². The van der Waals surface area contributed by atoms with Gasteiger partial charge in [0.15, 0.2) is 0 Å². The van der Waals surface area contributed by atoms with Gasteiger partial charge in [-0.25, -0.2) is 9.97 Å². The highest BCUT2D eigenvalue weighted by Gasteiger charge is 2.36. The molecule has 0 saturated carbocycles. The Bertz CT molecular complexity index is 876. The molecule has 0 aliphatic heterocycles. The molecule has 0 unspecified atom stereocenters. The van der Waals surface area contributed by atoms with Gasteiger partial charge in [0.05, 0.1) is 10.2 Å². The first-order chi connectivity index (χ1) is 10.4. The van der Waals surface area contributed by atoms with Gasteiger partial charge >= 0.3 is 6.18 Å². The van der Waals surface area contributed by atoms with Crippen molar-refractivity contribution in [2.75, 3.05) is 0 Å². The first-order valence-electron chi connectivity index (χ1n) is 5.99. The van der Waals surface area contributed by atoms with Crippen LogP contribution >= 0.6 is 22.9 Å². The second kappa shape index (κ2) is 5.33. The zero-order valence-corrected chi connectivity index (χ0v) is 12.3. The maximum atomic E-state index is 12.9. The molecule has 0 aliphatic carbocycles. The van der Waals surface area contributed by atoms with Crippen LogP contribution in [0, 0.1) is 0 Å². The number of carbonyl (C=O) groups excluding carboxylic acids is 1. The lowest BCUT2D eigenvalue weighted by Gasteiger charge is -2.08. The Labute approximate surface area is 131 Å². The van der Waals surface area contributed by atoms with E-state index in [-0.39, 0.29) is 16.8 Å². The van der Waals surface area contributed by atoms with E-state index in [2.05, 4.69) is 9.97 Å². The van der Waals surface area contributed by atoms with Crippen molar-refractivity contribution < 1.29 is 18.0 Å². The van der Waals surface area contributed by atoms with Crippen LogP contribution in [0.4, 0.5) is 13.2 Å². The van der Waals surface area contributed by atoms with Gasteiger partial charge in [-0.3, -0.25) is 4.79 Å². The van der Waals surface area contributed by atoms with Crippen LogP contribution in [0.2, 0.25) is 5.02 Å². The van der Waals surface area contributed by atoms with Gasteiger partial charge in [0.25, 0.3) is 0 Å². The molecule has 2 aromatic heterocycles. The number of fused-ring (bicyclic) bond motifs is 1. The number of ketones is 1. The summed E-state index contributed by atoms with van der Waals surface area (Å²) in [7, 11) is 0. The number of aromatic nitrogens is 2. The van der Waals surface area contributed by atoms with E-state index < -0.39 is 17.8 Å². The van der Waals surface area contributed by atoms with Gasteiger partial charge < -0.3 is 0 Å². The van der Waals surface area contributed by atoms with Crippen LogP contribution in [0.25, 0.3) is 10.2 Å². The van der Waals surface area contributed by atoms with Gasteiger partial charge in [0.1, 0.15) is 5.69 Å². The van der Waals surface area contributed by atoms with E-state index in [1.54, 1.807) is 17.5 Å². The van der Waals surface area contributed by atoms with E-state index in [0.717, 1.165) is 11.3 Å². The molecule has 0 spiro atoms. The normalized spacial score (nSPS) is 11.8. The molecule has 0 N–H and O–H groups in total. The molecule has 2 heterocycles. The van der Waals surface area contributed by atoms with Gasteiger partial charge in [-0.15, -0.1) is 11.3 Å². The van der Waals surface area contributed by atoms with Gasteiger partial charge in [-0.1, -0.05) is 23.7 Å². The van der Waals surface area contributed by atoms with Crippen molar-refractivity contribution in [3.63, 3.8) is 0 Å². The lowest BCUT2D eigenvalue weighted by Crippen LogP contribution is -2.15.